The number of pyridine rings is 1. The third-order valence-corrected chi connectivity index (χ3v) is 4.23. The van der Waals surface area contributed by atoms with Crippen LogP contribution in [0.15, 0.2) is 42.0 Å². The molecule has 2 unspecified atom stereocenters. The fourth-order valence-electron chi connectivity index (χ4n) is 2.12. The van der Waals surface area contributed by atoms with Gasteiger partial charge in [-0.05, 0) is 29.5 Å². The molecule has 3 rings (SSSR count). The van der Waals surface area contributed by atoms with Gasteiger partial charge in [0, 0.05) is 35.7 Å². The lowest BCUT2D eigenvalue weighted by Gasteiger charge is -2.04. The van der Waals surface area contributed by atoms with Gasteiger partial charge >= 0.3 is 0 Å². The van der Waals surface area contributed by atoms with Crippen molar-refractivity contribution in [3.63, 3.8) is 0 Å². The number of carbonyl (C=O) groups is 1. The molecule has 1 saturated carbocycles. The van der Waals surface area contributed by atoms with Crippen LogP contribution in [0.5, 0.6) is 0 Å². The first-order chi connectivity index (χ1) is 8.84. The normalized spacial score (nSPS) is 21.6. The summed E-state index contributed by atoms with van der Waals surface area (Å²) in [5, 5.41) is 5.05. The molecule has 4 heteroatoms. The highest BCUT2D eigenvalue weighted by Gasteiger charge is 2.44. The van der Waals surface area contributed by atoms with E-state index in [4.69, 9.17) is 0 Å². The number of hydrogen-bond acceptors (Lipinski definition) is 3. The summed E-state index contributed by atoms with van der Waals surface area (Å²) >= 11 is 1.74. The minimum Gasteiger partial charge on any atom is -0.352 e. The Hall–Kier alpha value is -1.68. The molecule has 0 spiro atoms. The van der Waals surface area contributed by atoms with E-state index in [1.807, 2.05) is 18.2 Å². The Bertz CT molecular complexity index is 524. The molecule has 2 heterocycles. The number of thiophene rings is 1. The molecular formula is C14H14N2OS. The van der Waals surface area contributed by atoms with Gasteiger partial charge in [0.1, 0.15) is 0 Å². The predicted molar refractivity (Wildman–Crippen MR) is 71.3 cm³/mol. The van der Waals surface area contributed by atoms with E-state index in [1.54, 1.807) is 23.7 Å². The first kappa shape index (κ1) is 11.4. The highest BCUT2D eigenvalue weighted by molar-refractivity contribution is 7.10. The molecule has 0 aromatic carbocycles. The molecular weight excluding hydrogens is 244 g/mol. The number of nitrogens with zero attached hydrogens (tertiary/aromatic N) is 1. The summed E-state index contributed by atoms with van der Waals surface area (Å²) in [6, 6.07) is 8.01. The number of amides is 1. The number of carbonyl (C=O) groups excluding carboxylic acids is 1. The Morgan fingerprint density at radius 1 is 1.44 bits per heavy atom. The van der Waals surface area contributed by atoms with Crippen molar-refractivity contribution < 1.29 is 4.79 Å². The summed E-state index contributed by atoms with van der Waals surface area (Å²) in [5.41, 5.74) is 1.04. The van der Waals surface area contributed by atoms with Gasteiger partial charge in [-0.2, -0.15) is 0 Å². The lowest BCUT2D eigenvalue weighted by molar-refractivity contribution is -0.122. The summed E-state index contributed by atoms with van der Waals surface area (Å²) in [5.74, 6) is 0.775. The molecule has 1 aliphatic carbocycles. The quantitative estimate of drug-likeness (QED) is 0.915. The van der Waals surface area contributed by atoms with E-state index in [9.17, 15) is 4.79 Å². The first-order valence-electron chi connectivity index (χ1n) is 6.04. The molecule has 0 bridgehead atoms. The van der Waals surface area contributed by atoms with Gasteiger partial charge in [-0.25, -0.2) is 0 Å². The molecule has 92 valence electrons. The Labute approximate surface area is 110 Å². The highest BCUT2D eigenvalue weighted by Crippen LogP contribution is 2.49. The van der Waals surface area contributed by atoms with Gasteiger partial charge < -0.3 is 5.32 Å². The lowest BCUT2D eigenvalue weighted by atomic mass is 10.2. The van der Waals surface area contributed by atoms with E-state index in [0.29, 0.717) is 12.5 Å². The fourth-order valence-corrected chi connectivity index (χ4v) is 3.03. The Kier molecular flexibility index (Phi) is 3.11. The van der Waals surface area contributed by atoms with E-state index >= 15 is 0 Å². The molecule has 1 N–H and O–H groups in total. The molecule has 0 aliphatic heterocycles. The molecule has 2 aromatic heterocycles. The van der Waals surface area contributed by atoms with Gasteiger partial charge in [0.15, 0.2) is 0 Å². The molecule has 0 radical (unpaired) electrons. The van der Waals surface area contributed by atoms with Crippen molar-refractivity contribution in [2.75, 3.05) is 0 Å². The van der Waals surface area contributed by atoms with Crippen molar-refractivity contribution in [1.29, 1.82) is 0 Å². The monoisotopic (exact) mass is 258 g/mol. The molecule has 1 amide bonds. The Balaban J connectivity index is 1.52. The third kappa shape index (κ3) is 2.43. The average molecular weight is 258 g/mol. The van der Waals surface area contributed by atoms with Crippen LogP contribution in [0.1, 0.15) is 22.8 Å². The minimum absolute atomic E-state index is 0.164. The van der Waals surface area contributed by atoms with Crippen LogP contribution in [0.25, 0.3) is 0 Å². The van der Waals surface area contributed by atoms with E-state index < -0.39 is 0 Å². The summed E-state index contributed by atoms with van der Waals surface area (Å²) in [7, 11) is 0. The van der Waals surface area contributed by atoms with Crippen molar-refractivity contribution in [2.45, 2.75) is 18.9 Å². The first-order valence-corrected chi connectivity index (χ1v) is 6.92. The maximum Gasteiger partial charge on any atom is 0.224 e. The van der Waals surface area contributed by atoms with Crippen LogP contribution in [0.4, 0.5) is 0 Å². The Morgan fingerprint density at radius 2 is 2.39 bits per heavy atom. The molecule has 1 fully saturated rings. The minimum atomic E-state index is 0.164. The van der Waals surface area contributed by atoms with Gasteiger partial charge in [0.2, 0.25) is 5.91 Å². The van der Waals surface area contributed by atoms with Crippen molar-refractivity contribution in [1.82, 2.24) is 10.3 Å². The van der Waals surface area contributed by atoms with Gasteiger partial charge in [0.05, 0.1) is 0 Å². The van der Waals surface area contributed by atoms with Crippen molar-refractivity contribution in [3.05, 3.63) is 52.5 Å². The average Bonchev–Trinajstić information content (AvgIpc) is 3.03. The zero-order chi connectivity index (χ0) is 12.4. The Morgan fingerprint density at radius 3 is 3.11 bits per heavy atom. The zero-order valence-corrected chi connectivity index (χ0v) is 10.7. The second-order valence-corrected chi connectivity index (χ2v) is 5.52. The van der Waals surface area contributed by atoms with Crippen LogP contribution < -0.4 is 5.32 Å². The molecule has 1 aliphatic rings. The molecule has 2 atom stereocenters. The van der Waals surface area contributed by atoms with Crippen LogP contribution in [0.3, 0.4) is 0 Å². The third-order valence-electron chi connectivity index (χ3n) is 3.23. The summed E-state index contributed by atoms with van der Waals surface area (Å²) in [6.45, 7) is 0.570. The smallest absolute Gasteiger partial charge is 0.224 e. The SMILES string of the molecule is O=C(NCc1cccnc1)C1CC1c1cccs1. The zero-order valence-electron chi connectivity index (χ0n) is 9.87. The van der Waals surface area contributed by atoms with Crippen molar-refractivity contribution >= 4 is 17.2 Å². The standard InChI is InChI=1S/C14H14N2OS/c17-14(16-9-10-3-1-5-15-8-10)12-7-11(12)13-4-2-6-18-13/h1-6,8,11-12H,7,9H2,(H,16,17). The van der Waals surface area contributed by atoms with Gasteiger partial charge in [-0.1, -0.05) is 12.1 Å². The van der Waals surface area contributed by atoms with E-state index in [0.717, 1.165) is 12.0 Å². The van der Waals surface area contributed by atoms with Crippen LogP contribution in [-0.2, 0) is 11.3 Å². The van der Waals surface area contributed by atoms with E-state index in [-0.39, 0.29) is 11.8 Å². The van der Waals surface area contributed by atoms with Gasteiger partial charge in [-0.3, -0.25) is 9.78 Å². The van der Waals surface area contributed by atoms with Gasteiger partial charge in [-0.15, -0.1) is 11.3 Å². The van der Waals surface area contributed by atoms with Crippen LogP contribution >= 0.6 is 11.3 Å². The van der Waals surface area contributed by atoms with Crippen LogP contribution in [0.2, 0.25) is 0 Å². The van der Waals surface area contributed by atoms with Gasteiger partial charge in [0.25, 0.3) is 0 Å². The highest BCUT2D eigenvalue weighted by atomic mass is 32.1. The second-order valence-electron chi connectivity index (χ2n) is 4.54. The van der Waals surface area contributed by atoms with E-state index in [2.05, 4.69) is 21.7 Å². The van der Waals surface area contributed by atoms with Crippen molar-refractivity contribution in [3.8, 4) is 0 Å². The maximum atomic E-state index is 12.0. The largest absolute Gasteiger partial charge is 0.352 e. The van der Waals surface area contributed by atoms with E-state index in [1.165, 1.54) is 4.88 Å². The van der Waals surface area contributed by atoms with Crippen LogP contribution in [-0.4, -0.2) is 10.9 Å². The number of nitrogens with one attached hydrogen (secondary N) is 1. The second kappa shape index (κ2) is 4.90. The fraction of sp³-hybridized carbons (Fsp3) is 0.286. The lowest BCUT2D eigenvalue weighted by Crippen LogP contribution is -2.24. The molecule has 2 aromatic rings. The molecule has 18 heavy (non-hydrogen) atoms. The topological polar surface area (TPSA) is 42.0 Å². The van der Waals surface area contributed by atoms with Crippen LogP contribution in [0, 0.1) is 5.92 Å². The molecule has 0 saturated heterocycles. The maximum absolute atomic E-state index is 12.0. The van der Waals surface area contributed by atoms with Crippen molar-refractivity contribution in [2.24, 2.45) is 5.92 Å². The summed E-state index contributed by atoms with van der Waals surface area (Å²) in [6.07, 6.45) is 4.50. The number of hydrogen-bond donors (Lipinski definition) is 1. The molecule has 3 nitrogen and oxygen atoms in total. The summed E-state index contributed by atoms with van der Waals surface area (Å²) in [4.78, 5) is 17.3. The summed E-state index contributed by atoms with van der Waals surface area (Å²) < 4.78 is 0. The predicted octanol–water partition coefficient (Wildman–Crippen LogP) is 2.56. The number of rotatable bonds is 4. The number of aromatic nitrogens is 1.